The van der Waals surface area contributed by atoms with Crippen LogP contribution in [0, 0.1) is 21.4 Å². The normalized spacial score (nSPS) is 9.65. The minimum atomic E-state index is -0.666. The minimum absolute atomic E-state index is 0.00120. The van der Waals surface area contributed by atoms with Crippen molar-refractivity contribution in [1.29, 1.82) is 5.26 Å². The number of nitro groups is 1. The molecular formula is C12H14N4O4. The van der Waals surface area contributed by atoms with E-state index in [1.54, 1.807) is 6.07 Å². The number of methoxy groups -OCH3 is 1. The summed E-state index contributed by atoms with van der Waals surface area (Å²) >= 11 is 0. The van der Waals surface area contributed by atoms with E-state index in [2.05, 4.69) is 9.72 Å². The molecule has 0 aliphatic heterocycles. The molecule has 0 aliphatic carbocycles. The summed E-state index contributed by atoms with van der Waals surface area (Å²) < 4.78 is 4.56. The molecule has 0 aliphatic rings. The molecule has 0 saturated heterocycles. The van der Waals surface area contributed by atoms with Crippen LogP contribution in [0.2, 0.25) is 0 Å². The zero-order chi connectivity index (χ0) is 15.1. The first-order chi connectivity index (χ1) is 9.54. The largest absolute Gasteiger partial charge is 0.468 e. The van der Waals surface area contributed by atoms with Gasteiger partial charge >= 0.3 is 11.7 Å². The fourth-order valence-corrected chi connectivity index (χ4v) is 1.69. The summed E-state index contributed by atoms with van der Waals surface area (Å²) in [5.74, 6) is -0.529. The summed E-state index contributed by atoms with van der Waals surface area (Å²) in [6, 6.07) is 3.02. The number of anilines is 1. The molecule has 0 saturated carbocycles. The molecule has 0 radical (unpaired) electrons. The van der Waals surface area contributed by atoms with E-state index in [-0.39, 0.29) is 17.9 Å². The van der Waals surface area contributed by atoms with Gasteiger partial charge in [0.2, 0.25) is 5.82 Å². The molecule has 1 aromatic heterocycles. The van der Waals surface area contributed by atoms with Gasteiger partial charge in [-0.05, 0) is 12.5 Å². The predicted octanol–water partition coefficient (Wildman–Crippen LogP) is 1.25. The smallest absolute Gasteiger partial charge is 0.329 e. The van der Waals surface area contributed by atoms with Crippen molar-refractivity contribution in [2.75, 3.05) is 25.1 Å². The third-order valence-electron chi connectivity index (χ3n) is 2.55. The summed E-state index contributed by atoms with van der Waals surface area (Å²) in [6.45, 7) is 2.09. The molecule has 20 heavy (non-hydrogen) atoms. The Morgan fingerprint density at radius 3 is 2.85 bits per heavy atom. The van der Waals surface area contributed by atoms with Crippen LogP contribution in [-0.2, 0) is 9.53 Å². The van der Waals surface area contributed by atoms with Crippen LogP contribution < -0.4 is 4.90 Å². The molecule has 1 rings (SSSR count). The van der Waals surface area contributed by atoms with Crippen molar-refractivity contribution in [1.82, 2.24) is 4.98 Å². The van der Waals surface area contributed by atoms with Gasteiger partial charge in [-0.2, -0.15) is 5.26 Å². The van der Waals surface area contributed by atoms with Crippen molar-refractivity contribution in [3.05, 3.63) is 27.9 Å². The van der Waals surface area contributed by atoms with Crippen LogP contribution in [-0.4, -0.2) is 36.1 Å². The van der Waals surface area contributed by atoms with Gasteiger partial charge in [-0.1, -0.05) is 6.92 Å². The molecule has 0 atom stereocenters. The Morgan fingerprint density at radius 1 is 1.65 bits per heavy atom. The quantitative estimate of drug-likeness (QED) is 0.437. The Balaban J connectivity index is 3.29. The van der Waals surface area contributed by atoms with E-state index in [4.69, 9.17) is 5.26 Å². The van der Waals surface area contributed by atoms with E-state index in [0.717, 1.165) is 0 Å². The third-order valence-corrected chi connectivity index (χ3v) is 2.55. The van der Waals surface area contributed by atoms with Crippen molar-refractivity contribution in [3.63, 3.8) is 0 Å². The van der Waals surface area contributed by atoms with Gasteiger partial charge in [0.15, 0.2) is 0 Å². The lowest BCUT2D eigenvalue weighted by atomic mass is 10.2. The van der Waals surface area contributed by atoms with E-state index in [9.17, 15) is 14.9 Å². The lowest BCUT2D eigenvalue weighted by Gasteiger charge is -2.21. The lowest BCUT2D eigenvalue weighted by molar-refractivity contribution is -0.384. The summed E-state index contributed by atoms with van der Waals surface area (Å²) in [4.78, 5) is 27.2. The van der Waals surface area contributed by atoms with Crippen LogP contribution in [0.3, 0.4) is 0 Å². The predicted molar refractivity (Wildman–Crippen MR) is 70.1 cm³/mol. The van der Waals surface area contributed by atoms with Crippen LogP contribution in [0.25, 0.3) is 0 Å². The lowest BCUT2D eigenvalue weighted by Crippen LogP contribution is -2.32. The number of carbonyl (C=O) groups is 1. The van der Waals surface area contributed by atoms with E-state index < -0.39 is 16.6 Å². The average molecular weight is 278 g/mol. The SMILES string of the molecule is CCCN(CC(=O)OC)c1nccc(C#N)c1[N+](=O)[O-]. The maximum atomic E-state index is 11.4. The molecule has 106 valence electrons. The zero-order valence-corrected chi connectivity index (χ0v) is 11.2. The van der Waals surface area contributed by atoms with Gasteiger partial charge in [0.1, 0.15) is 18.2 Å². The van der Waals surface area contributed by atoms with Crippen molar-refractivity contribution in [3.8, 4) is 6.07 Å². The number of pyridine rings is 1. The maximum Gasteiger partial charge on any atom is 0.329 e. The van der Waals surface area contributed by atoms with Crippen molar-refractivity contribution < 1.29 is 14.5 Å². The molecule has 8 nitrogen and oxygen atoms in total. The molecule has 0 fully saturated rings. The van der Waals surface area contributed by atoms with Crippen molar-refractivity contribution >= 4 is 17.5 Å². The van der Waals surface area contributed by atoms with Gasteiger partial charge in [0, 0.05) is 12.7 Å². The highest BCUT2D eigenvalue weighted by Gasteiger charge is 2.26. The Morgan fingerprint density at radius 2 is 2.35 bits per heavy atom. The van der Waals surface area contributed by atoms with E-state index in [0.29, 0.717) is 13.0 Å². The highest BCUT2D eigenvalue weighted by Crippen LogP contribution is 2.29. The van der Waals surface area contributed by atoms with Crippen LogP contribution in [0.5, 0.6) is 0 Å². The number of nitrogens with zero attached hydrogens (tertiary/aromatic N) is 4. The summed E-state index contributed by atoms with van der Waals surface area (Å²) in [5.41, 5.74) is -0.488. The first-order valence-electron chi connectivity index (χ1n) is 5.90. The molecule has 0 bridgehead atoms. The molecule has 0 unspecified atom stereocenters. The second-order valence-corrected chi connectivity index (χ2v) is 3.90. The Kier molecular flexibility index (Phi) is 5.41. The van der Waals surface area contributed by atoms with Crippen LogP contribution in [0.4, 0.5) is 11.5 Å². The molecule has 0 amide bonds. The summed E-state index contributed by atoms with van der Waals surface area (Å²) in [7, 11) is 1.24. The van der Waals surface area contributed by atoms with Crippen molar-refractivity contribution in [2.45, 2.75) is 13.3 Å². The fraction of sp³-hybridized carbons (Fsp3) is 0.417. The van der Waals surface area contributed by atoms with Gasteiger partial charge < -0.3 is 9.64 Å². The van der Waals surface area contributed by atoms with Gasteiger partial charge in [-0.25, -0.2) is 4.98 Å². The second kappa shape index (κ2) is 7.04. The number of nitriles is 1. The Labute approximate surface area is 115 Å². The number of hydrogen-bond donors (Lipinski definition) is 0. The Hall–Kier alpha value is -2.69. The van der Waals surface area contributed by atoms with Crippen molar-refractivity contribution in [2.24, 2.45) is 0 Å². The van der Waals surface area contributed by atoms with Gasteiger partial charge in [-0.3, -0.25) is 14.9 Å². The number of aromatic nitrogens is 1. The highest BCUT2D eigenvalue weighted by molar-refractivity contribution is 5.77. The summed E-state index contributed by atoms with van der Waals surface area (Å²) in [6.07, 6.45) is 1.97. The molecular weight excluding hydrogens is 264 g/mol. The minimum Gasteiger partial charge on any atom is -0.468 e. The molecule has 8 heteroatoms. The summed E-state index contributed by atoms with van der Waals surface area (Å²) in [5, 5.41) is 20.1. The highest BCUT2D eigenvalue weighted by atomic mass is 16.6. The first-order valence-corrected chi connectivity index (χ1v) is 5.90. The molecule has 1 heterocycles. The third kappa shape index (κ3) is 3.41. The van der Waals surface area contributed by atoms with Gasteiger partial charge in [0.25, 0.3) is 0 Å². The number of rotatable bonds is 6. The van der Waals surface area contributed by atoms with E-state index in [1.807, 2.05) is 6.92 Å². The van der Waals surface area contributed by atoms with Crippen LogP contribution in [0.1, 0.15) is 18.9 Å². The van der Waals surface area contributed by atoms with Gasteiger partial charge in [-0.15, -0.1) is 0 Å². The monoisotopic (exact) mass is 278 g/mol. The van der Waals surface area contributed by atoms with Crippen LogP contribution >= 0.6 is 0 Å². The molecule has 0 aromatic carbocycles. The second-order valence-electron chi connectivity index (χ2n) is 3.90. The number of ether oxygens (including phenoxy) is 1. The molecule has 1 aromatic rings. The number of carbonyl (C=O) groups excluding carboxylic acids is 1. The van der Waals surface area contributed by atoms with Crippen LogP contribution in [0.15, 0.2) is 12.3 Å². The van der Waals surface area contributed by atoms with Gasteiger partial charge in [0.05, 0.1) is 12.0 Å². The number of esters is 1. The average Bonchev–Trinajstić information content (AvgIpc) is 2.45. The van der Waals surface area contributed by atoms with E-state index >= 15 is 0 Å². The maximum absolute atomic E-state index is 11.4. The standard InChI is InChI=1S/C12H14N4O4/c1-3-6-15(8-10(17)20-2)12-11(16(18)19)9(7-13)4-5-14-12/h4-5H,3,6,8H2,1-2H3. The fourth-order valence-electron chi connectivity index (χ4n) is 1.69. The topological polar surface area (TPSA) is 109 Å². The first kappa shape index (κ1) is 15.4. The molecule has 0 N–H and O–H groups in total. The zero-order valence-electron chi connectivity index (χ0n) is 11.2. The van der Waals surface area contributed by atoms with E-state index in [1.165, 1.54) is 24.3 Å². The number of hydrogen-bond acceptors (Lipinski definition) is 7. The molecule has 0 spiro atoms. The Bertz CT molecular complexity index is 553.